The fraction of sp³-hybridized carbons (Fsp3) is 0.441. The summed E-state index contributed by atoms with van der Waals surface area (Å²) in [6.45, 7) is 8.42. The molecular formula is C34H38ClN3O4S. The third-order valence-electron chi connectivity index (χ3n) is 9.37. The Labute approximate surface area is 262 Å². The third kappa shape index (κ3) is 4.64. The number of nitrogens with zero attached hydrogens (tertiary/aromatic N) is 3. The standard InChI is InChI=1S/C34H38ClN3O4S/c1-21(2)19-24(20-39)38-29-32(42)37(28-22(3)11-8-14-25(28)35)18-10-16-34(29)27(31(38)41)26-30(40)36(23-12-6-5-7-13-23)17-9-15-33(26,4)43-34/h5-16,21,24,26-27,29,39H,17-20H2,1-4H3/t24-,26-,27+,29?,33+,34+/m1/s1. The molecule has 4 aliphatic rings. The van der Waals surface area contributed by atoms with Crippen molar-refractivity contribution in [2.75, 3.05) is 29.5 Å². The number of fused-ring (bicyclic) bond motifs is 2. The van der Waals surface area contributed by atoms with Crippen LogP contribution in [-0.2, 0) is 14.4 Å². The Morgan fingerprint density at radius 3 is 2.30 bits per heavy atom. The van der Waals surface area contributed by atoms with Crippen LogP contribution in [-0.4, -0.2) is 69.0 Å². The fourth-order valence-corrected chi connectivity index (χ4v) is 10.1. The number of benzene rings is 2. The van der Waals surface area contributed by atoms with Gasteiger partial charge in [-0.15, -0.1) is 11.8 Å². The van der Waals surface area contributed by atoms with E-state index in [0.717, 1.165) is 11.3 Å². The van der Waals surface area contributed by atoms with Crippen molar-refractivity contribution < 1.29 is 19.5 Å². The summed E-state index contributed by atoms with van der Waals surface area (Å²) in [6, 6.07) is 13.6. The Bertz CT molecular complexity index is 1490. The van der Waals surface area contributed by atoms with E-state index in [1.807, 2.05) is 88.4 Å². The summed E-state index contributed by atoms with van der Waals surface area (Å²) in [5.74, 6) is -1.95. The molecule has 4 aliphatic heterocycles. The minimum absolute atomic E-state index is 0.129. The fourth-order valence-electron chi connectivity index (χ4n) is 7.68. The number of hydrogen-bond acceptors (Lipinski definition) is 5. The Balaban J connectivity index is 1.52. The van der Waals surface area contributed by atoms with E-state index < -0.39 is 33.4 Å². The lowest BCUT2D eigenvalue weighted by molar-refractivity contribution is -0.142. The average Bonchev–Trinajstić information content (AvgIpc) is 3.24. The molecule has 6 rings (SSSR count). The van der Waals surface area contributed by atoms with Gasteiger partial charge in [-0.3, -0.25) is 14.4 Å². The number of aliphatic hydroxyl groups is 1. The lowest BCUT2D eigenvalue weighted by Crippen LogP contribution is -2.57. The Kier molecular flexibility index (Phi) is 7.76. The maximum absolute atomic E-state index is 14.9. The molecule has 6 atom stereocenters. The zero-order chi connectivity index (χ0) is 30.7. The van der Waals surface area contributed by atoms with Crippen LogP contribution in [0.5, 0.6) is 0 Å². The monoisotopic (exact) mass is 619 g/mol. The van der Waals surface area contributed by atoms with E-state index in [2.05, 4.69) is 6.08 Å². The number of anilines is 2. The number of hydrogen-bond donors (Lipinski definition) is 1. The minimum atomic E-state index is -1.01. The molecule has 2 fully saturated rings. The van der Waals surface area contributed by atoms with Gasteiger partial charge in [0.15, 0.2) is 0 Å². The number of carbonyl (C=O) groups excluding carboxylic acids is 3. The van der Waals surface area contributed by atoms with E-state index in [4.69, 9.17) is 11.6 Å². The van der Waals surface area contributed by atoms with Crippen molar-refractivity contribution in [2.24, 2.45) is 17.8 Å². The van der Waals surface area contributed by atoms with Crippen molar-refractivity contribution in [3.05, 3.63) is 83.4 Å². The highest BCUT2D eigenvalue weighted by atomic mass is 35.5. The van der Waals surface area contributed by atoms with Gasteiger partial charge in [0, 0.05) is 23.5 Å². The summed E-state index contributed by atoms with van der Waals surface area (Å²) in [7, 11) is 0. The predicted octanol–water partition coefficient (Wildman–Crippen LogP) is 5.25. The largest absolute Gasteiger partial charge is 0.394 e. The first kappa shape index (κ1) is 30.0. The van der Waals surface area contributed by atoms with E-state index in [-0.39, 0.29) is 36.8 Å². The number of carbonyl (C=O) groups is 3. The van der Waals surface area contributed by atoms with Crippen LogP contribution in [0.1, 0.15) is 32.8 Å². The van der Waals surface area contributed by atoms with Crippen LogP contribution in [0.4, 0.5) is 11.4 Å². The molecule has 0 radical (unpaired) electrons. The molecule has 3 amide bonds. The van der Waals surface area contributed by atoms with E-state index >= 15 is 0 Å². The quantitative estimate of drug-likeness (QED) is 0.447. The van der Waals surface area contributed by atoms with Crippen LogP contribution >= 0.6 is 23.4 Å². The van der Waals surface area contributed by atoms with Crippen LogP contribution in [0, 0.1) is 24.7 Å². The SMILES string of the molecule is Cc1cccc(Cl)c1N1CC=C[C@]23S[C@@]4(C)C=CCN(c5ccccc5)C(=O)[C@H]4[C@H]2C(=O)N([C@@H](CO)CC(C)C)C3C1=O. The Morgan fingerprint density at radius 2 is 1.63 bits per heavy atom. The third-order valence-corrected chi connectivity index (χ3v) is 11.5. The second-order valence-corrected chi connectivity index (χ2v) is 14.9. The number of para-hydroxylation sites is 2. The molecule has 2 aromatic carbocycles. The summed E-state index contributed by atoms with van der Waals surface area (Å²) < 4.78 is -1.74. The van der Waals surface area contributed by atoms with Gasteiger partial charge in [0.05, 0.1) is 39.9 Å². The normalized spacial score (nSPS) is 30.8. The van der Waals surface area contributed by atoms with Gasteiger partial charge >= 0.3 is 0 Å². The van der Waals surface area contributed by atoms with Crippen LogP contribution in [0.3, 0.4) is 0 Å². The second kappa shape index (κ2) is 11.1. The first-order chi connectivity index (χ1) is 20.5. The molecule has 1 N–H and O–H groups in total. The molecule has 4 heterocycles. The smallest absolute Gasteiger partial charge is 0.251 e. The molecule has 226 valence electrons. The van der Waals surface area contributed by atoms with Gasteiger partial charge < -0.3 is 19.8 Å². The highest BCUT2D eigenvalue weighted by Crippen LogP contribution is 2.66. The van der Waals surface area contributed by atoms with Crippen molar-refractivity contribution in [1.82, 2.24) is 4.90 Å². The lowest BCUT2D eigenvalue weighted by Gasteiger charge is -2.40. The van der Waals surface area contributed by atoms with E-state index in [1.165, 1.54) is 0 Å². The van der Waals surface area contributed by atoms with Gasteiger partial charge in [0.2, 0.25) is 11.8 Å². The summed E-state index contributed by atoms with van der Waals surface area (Å²) >= 11 is 8.23. The number of likely N-dealkylation sites (tertiary alicyclic amines) is 1. The van der Waals surface area contributed by atoms with Gasteiger partial charge in [0.25, 0.3) is 5.91 Å². The number of aryl methyl sites for hydroxylation is 1. The van der Waals surface area contributed by atoms with Gasteiger partial charge in [0.1, 0.15) is 6.04 Å². The summed E-state index contributed by atoms with van der Waals surface area (Å²) in [4.78, 5) is 49.4. The van der Waals surface area contributed by atoms with Crippen LogP contribution in [0.15, 0.2) is 72.8 Å². The first-order valence-corrected chi connectivity index (χ1v) is 16.1. The molecule has 0 saturated carbocycles. The Morgan fingerprint density at radius 1 is 0.930 bits per heavy atom. The Hall–Kier alpha value is -3.07. The summed E-state index contributed by atoms with van der Waals surface area (Å²) in [5.41, 5.74) is 2.24. The van der Waals surface area contributed by atoms with Crippen LogP contribution < -0.4 is 9.80 Å². The molecule has 2 aromatic rings. The zero-order valence-corrected chi connectivity index (χ0v) is 26.5. The maximum Gasteiger partial charge on any atom is 0.251 e. The molecule has 9 heteroatoms. The molecule has 1 spiro atoms. The number of halogens is 1. The van der Waals surface area contributed by atoms with Gasteiger partial charge in [-0.2, -0.15) is 0 Å². The van der Waals surface area contributed by atoms with Crippen molar-refractivity contribution in [2.45, 2.75) is 55.7 Å². The molecule has 7 nitrogen and oxygen atoms in total. The summed E-state index contributed by atoms with van der Waals surface area (Å²) in [5, 5.41) is 11.1. The number of aliphatic hydroxyl groups excluding tert-OH is 1. The molecule has 1 unspecified atom stereocenters. The first-order valence-electron chi connectivity index (χ1n) is 15.0. The van der Waals surface area contributed by atoms with Crippen molar-refractivity contribution in [3.63, 3.8) is 0 Å². The lowest BCUT2D eigenvalue weighted by atomic mass is 9.74. The van der Waals surface area contributed by atoms with E-state index in [0.29, 0.717) is 23.7 Å². The topological polar surface area (TPSA) is 81.2 Å². The average molecular weight is 620 g/mol. The molecule has 0 aromatic heterocycles. The molecular weight excluding hydrogens is 582 g/mol. The molecule has 2 saturated heterocycles. The van der Waals surface area contributed by atoms with Crippen molar-refractivity contribution in [1.29, 1.82) is 0 Å². The van der Waals surface area contributed by atoms with Gasteiger partial charge in [-0.05, 0) is 49.9 Å². The maximum atomic E-state index is 14.9. The minimum Gasteiger partial charge on any atom is -0.394 e. The summed E-state index contributed by atoms with van der Waals surface area (Å²) in [6.07, 6.45) is 8.55. The van der Waals surface area contributed by atoms with Gasteiger partial charge in [-0.25, -0.2) is 0 Å². The predicted molar refractivity (Wildman–Crippen MR) is 172 cm³/mol. The van der Waals surface area contributed by atoms with E-state index in [1.54, 1.807) is 32.5 Å². The molecule has 0 aliphatic carbocycles. The van der Waals surface area contributed by atoms with Crippen molar-refractivity contribution in [3.8, 4) is 0 Å². The highest BCUT2D eigenvalue weighted by molar-refractivity contribution is 8.02. The second-order valence-electron chi connectivity index (χ2n) is 12.7. The van der Waals surface area contributed by atoms with Crippen LogP contribution in [0.25, 0.3) is 0 Å². The van der Waals surface area contributed by atoms with Gasteiger partial charge in [-0.1, -0.05) is 80.1 Å². The zero-order valence-electron chi connectivity index (χ0n) is 24.9. The number of amides is 3. The van der Waals surface area contributed by atoms with E-state index in [9.17, 15) is 19.5 Å². The molecule has 43 heavy (non-hydrogen) atoms. The number of thioether (sulfide) groups is 1. The molecule has 0 bridgehead atoms. The highest BCUT2D eigenvalue weighted by Gasteiger charge is 2.74. The number of rotatable bonds is 6. The van der Waals surface area contributed by atoms with Crippen molar-refractivity contribution >= 4 is 52.5 Å². The van der Waals surface area contributed by atoms with Crippen LogP contribution in [0.2, 0.25) is 5.02 Å².